The summed E-state index contributed by atoms with van der Waals surface area (Å²) >= 11 is 0. The van der Waals surface area contributed by atoms with Gasteiger partial charge in [0.2, 0.25) is 17.7 Å². The molecule has 6 heterocycles. The molecule has 1 saturated carbocycles. The van der Waals surface area contributed by atoms with E-state index in [0.29, 0.717) is 68.0 Å². The third-order valence-corrected chi connectivity index (χ3v) is 13.7. The Hall–Kier alpha value is -7.22. The standard InChI is InChI=1S/C49H49F4N9O7/c1-56(29-6-7-29)47(66)40-25-34-43(51)32(28-5-3-16-60(26-28)42(64)14-18-61-17-4-15-54-61)24-33(45(34)68-40)31-9-8-30(23-39(31)69-48(52)53)59-21-19-58(20-22-59)27-35-36(50)10-11-37-44(35)57(2)49(67)62(37)38-12-13-41(63)55-46(38)65/h4-5,8-11,15,17,23-25,29,38,48H,3,6-7,12-14,16,18-22,26-27H2,1-2H3,(H,55,63,65). The lowest BCUT2D eigenvalue weighted by molar-refractivity contribution is -0.136. The van der Waals surface area contributed by atoms with Gasteiger partial charge >= 0.3 is 12.3 Å². The van der Waals surface area contributed by atoms with Gasteiger partial charge in [-0.1, -0.05) is 6.08 Å². The van der Waals surface area contributed by atoms with E-state index in [1.54, 1.807) is 52.1 Å². The molecule has 1 aliphatic carbocycles. The summed E-state index contributed by atoms with van der Waals surface area (Å²) in [6, 6.07) is 11.3. The second-order valence-electron chi connectivity index (χ2n) is 18.0. The molecule has 0 radical (unpaired) electrons. The lowest BCUT2D eigenvalue weighted by Crippen LogP contribution is -2.46. The minimum atomic E-state index is -3.24. The smallest absolute Gasteiger partial charge is 0.387 e. The number of nitrogens with one attached hydrogen (secondary N) is 1. The Bertz CT molecular complexity index is 3110. The number of aromatic nitrogens is 4. The van der Waals surface area contributed by atoms with Crippen molar-refractivity contribution >= 4 is 56.9 Å². The highest BCUT2D eigenvalue weighted by atomic mass is 19.3. The van der Waals surface area contributed by atoms with Gasteiger partial charge < -0.3 is 23.9 Å². The number of imidazole rings is 1. The van der Waals surface area contributed by atoms with Crippen LogP contribution in [0, 0.1) is 11.6 Å². The van der Waals surface area contributed by atoms with E-state index in [4.69, 9.17) is 9.15 Å². The number of piperidine rings is 1. The number of amides is 4. The zero-order chi connectivity index (χ0) is 48.2. The van der Waals surface area contributed by atoms with Crippen LogP contribution in [0.3, 0.4) is 0 Å². The van der Waals surface area contributed by atoms with Gasteiger partial charge in [0, 0.05) is 138 Å². The number of rotatable bonds is 13. The van der Waals surface area contributed by atoms with E-state index < -0.39 is 47.7 Å². The van der Waals surface area contributed by atoms with Crippen molar-refractivity contribution in [3.8, 4) is 16.9 Å². The minimum Gasteiger partial charge on any atom is -0.450 e. The minimum absolute atomic E-state index is 0.0268. The highest BCUT2D eigenvalue weighted by Gasteiger charge is 2.35. The van der Waals surface area contributed by atoms with E-state index in [9.17, 15) is 32.8 Å². The summed E-state index contributed by atoms with van der Waals surface area (Å²) in [6.07, 6.45) is 7.72. The maximum Gasteiger partial charge on any atom is 0.387 e. The Kier molecular flexibility index (Phi) is 12.1. The first kappa shape index (κ1) is 45.6. The number of piperazine rings is 1. The summed E-state index contributed by atoms with van der Waals surface area (Å²) in [6.45, 7) is -0.592. The molecule has 10 rings (SSSR count). The number of ether oxygens (including phenoxy) is 1. The van der Waals surface area contributed by atoms with Crippen LogP contribution in [-0.4, -0.2) is 116 Å². The highest BCUT2D eigenvalue weighted by molar-refractivity contribution is 6.03. The molecule has 360 valence electrons. The van der Waals surface area contributed by atoms with Crippen LogP contribution in [0.5, 0.6) is 5.75 Å². The van der Waals surface area contributed by atoms with Gasteiger partial charge in [0.1, 0.15) is 29.0 Å². The normalized spacial score (nSPS) is 18.1. The van der Waals surface area contributed by atoms with Crippen molar-refractivity contribution in [3.63, 3.8) is 0 Å². The summed E-state index contributed by atoms with van der Waals surface area (Å²) in [5, 5.41) is 6.43. The number of fused-ring (bicyclic) bond motifs is 2. The summed E-state index contributed by atoms with van der Waals surface area (Å²) < 4.78 is 77.0. The van der Waals surface area contributed by atoms with E-state index in [1.807, 2.05) is 15.9 Å². The first-order valence-electron chi connectivity index (χ1n) is 23.0. The van der Waals surface area contributed by atoms with Gasteiger partial charge in [0.05, 0.1) is 16.4 Å². The summed E-state index contributed by atoms with van der Waals surface area (Å²) in [7, 11) is 3.17. The number of imide groups is 1. The Morgan fingerprint density at radius 3 is 2.49 bits per heavy atom. The SMILES string of the molecule is CN(C(=O)c1cc2c(F)c(C3=CCCN(C(=O)CCn4cccn4)C3)cc(-c3ccc(N4CCN(Cc5c(F)ccc6c5n(C)c(=O)n6C5CCC(=O)NC5=O)CC4)cc3OC(F)F)c2o1)C1CC1. The topological polar surface area (TPSA) is 160 Å². The van der Waals surface area contributed by atoms with Gasteiger partial charge in [-0.25, -0.2) is 13.6 Å². The summed E-state index contributed by atoms with van der Waals surface area (Å²) in [5.74, 6) is -3.14. The number of hydrogen-bond acceptors (Lipinski definition) is 10. The van der Waals surface area contributed by atoms with Gasteiger partial charge in [-0.15, -0.1) is 0 Å². The maximum atomic E-state index is 16.9. The number of halogens is 4. The molecule has 2 saturated heterocycles. The fourth-order valence-electron chi connectivity index (χ4n) is 9.89. The molecule has 3 aromatic carbocycles. The number of carbonyl (C=O) groups excluding carboxylic acids is 4. The molecule has 3 aromatic heterocycles. The Morgan fingerprint density at radius 2 is 1.77 bits per heavy atom. The predicted molar refractivity (Wildman–Crippen MR) is 245 cm³/mol. The van der Waals surface area contributed by atoms with E-state index in [1.165, 1.54) is 46.5 Å². The second kappa shape index (κ2) is 18.4. The fraction of sp³-hybridized carbons (Fsp3) is 0.388. The molecular formula is C49H49F4N9O7. The largest absolute Gasteiger partial charge is 0.450 e. The average molecular weight is 952 g/mol. The highest BCUT2D eigenvalue weighted by Crippen LogP contribution is 2.43. The first-order valence-corrected chi connectivity index (χ1v) is 23.0. The number of anilines is 1. The third kappa shape index (κ3) is 8.77. The van der Waals surface area contributed by atoms with Gasteiger partial charge in [0.15, 0.2) is 5.76 Å². The molecule has 16 nitrogen and oxygen atoms in total. The van der Waals surface area contributed by atoms with Crippen LogP contribution in [0.1, 0.15) is 66.2 Å². The first-order chi connectivity index (χ1) is 33.2. The lowest BCUT2D eigenvalue weighted by atomic mass is 9.93. The summed E-state index contributed by atoms with van der Waals surface area (Å²) in [5.41, 5.74) is 1.99. The second-order valence-corrected chi connectivity index (χ2v) is 18.0. The van der Waals surface area contributed by atoms with Crippen molar-refractivity contribution < 1.29 is 45.9 Å². The van der Waals surface area contributed by atoms with E-state index in [2.05, 4.69) is 10.4 Å². The molecule has 1 unspecified atom stereocenters. The van der Waals surface area contributed by atoms with Crippen molar-refractivity contribution in [1.82, 2.24) is 38.9 Å². The van der Waals surface area contributed by atoms with Gasteiger partial charge in [-0.05, 0) is 67.7 Å². The monoisotopic (exact) mass is 951 g/mol. The Balaban J connectivity index is 0.936. The van der Waals surface area contributed by atoms with Crippen molar-refractivity contribution in [2.75, 3.05) is 51.2 Å². The van der Waals surface area contributed by atoms with Crippen LogP contribution >= 0.6 is 0 Å². The zero-order valence-electron chi connectivity index (χ0n) is 37.9. The maximum absolute atomic E-state index is 16.9. The third-order valence-electron chi connectivity index (χ3n) is 13.7. The molecule has 20 heteroatoms. The number of alkyl halides is 2. The van der Waals surface area contributed by atoms with Crippen LogP contribution in [0.25, 0.3) is 38.7 Å². The fourth-order valence-corrected chi connectivity index (χ4v) is 9.89. The van der Waals surface area contributed by atoms with Crippen molar-refractivity contribution in [3.05, 3.63) is 106 Å². The molecule has 0 spiro atoms. The molecule has 69 heavy (non-hydrogen) atoms. The molecule has 1 atom stereocenters. The number of furan rings is 1. The Morgan fingerprint density at radius 1 is 0.971 bits per heavy atom. The van der Waals surface area contributed by atoms with Gasteiger partial charge in [-0.3, -0.25) is 43.2 Å². The van der Waals surface area contributed by atoms with Crippen molar-refractivity contribution in [2.24, 2.45) is 7.05 Å². The average Bonchev–Trinajstić information content (AvgIpc) is 3.75. The number of hydrogen-bond donors (Lipinski definition) is 1. The number of nitrogens with zero attached hydrogens (tertiary/aromatic N) is 8. The summed E-state index contributed by atoms with van der Waals surface area (Å²) in [4.78, 5) is 72.3. The molecule has 4 aliphatic rings. The molecule has 3 aliphatic heterocycles. The van der Waals surface area contributed by atoms with Gasteiger partial charge in [-0.2, -0.15) is 13.9 Å². The van der Waals surface area contributed by atoms with E-state index >= 15 is 8.78 Å². The quantitative estimate of drug-likeness (QED) is 0.106. The molecular weight excluding hydrogens is 903 g/mol. The van der Waals surface area contributed by atoms with Crippen LogP contribution in [-0.2, 0) is 34.5 Å². The lowest BCUT2D eigenvalue weighted by Gasteiger charge is -2.36. The molecule has 3 fully saturated rings. The van der Waals surface area contributed by atoms with Crippen molar-refractivity contribution in [1.29, 1.82) is 0 Å². The molecule has 1 N–H and O–H groups in total. The van der Waals surface area contributed by atoms with E-state index in [-0.39, 0.29) is 89.0 Å². The van der Waals surface area contributed by atoms with Crippen LogP contribution in [0.4, 0.5) is 23.2 Å². The van der Waals surface area contributed by atoms with E-state index in [0.717, 1.165) is 12.8 Å². The molecule has 4 amide bonds. The number of benzene rings is 3. The number of carbonyl (C=O) groups is 4. The molecule has 6 aromatic rings. The van der Waals surface area contributed by atoms with Crippen LogP contribution in [0.2, 0.25) is 0 Å². The Labute approximate surface area is 392 Å². The van der Waals surface area contributed by atoms with Crippen LogP contribution in [0.15, 0.2) is 76.2 Å². The zero-order valence-corrected chi connectivity index (χ0v) is 37.9. The van der Waals surface area contributed by atoms with Crippen LogP contribution < -0.4 is 20.6 Å². The molecule has 0 bridgehead atoms. The predicted octanol–water partition coefficient (Wildman–Crippen LogP) is 6.07. The van der Waals surface area contributed by atoms with Gasteiger partial charge in [0.25, 0.3) is 5.91 Å². The number of aryl methyl sites for hydroxylation is 2. The van der Waals surface area contributed by atoms with Crippen molar-refractivity contribution in [2.45, 2.75) is 70.3 Å².